The van der Waals surface area contributed by atoms with E-state index in [2.05, 4.69) is 10.0 Å². The Bertz CT molecular complexity index is 1350. The van der Waals surface area contributed by atoms with E-state index in [1.54, 1.807) is 6.07 Å². The van der Waals surface area contributed by atoms with Crippen molar-refractivity contribution in [1.29, 1.82) is 0 Å². The Balaban J connectivity index is 1.67. The van der Waals surface area contributed by atoms with E-state index in [4.69, 9.17) is 0 Å². The van der Waals surface area contributed by atoms with Gasteiger partial charge in [-0.3, -0.25) is 19.6 Å². The van der Waals surface area contributed by atoms with Crippen LogP contribution in [-0.2, 0) is 21.0 Å². The van der Waals surface area contributed by atoms with Gasteiger partial charge in [0, 0.05) is 29.6 Å². The van der Waals surface area contributed by atoms with Crippen molar-refractivity contribution in [3.63, 3.8) is 0 Å². The molecular weight excluding hydrogens is 475 g/mol. The molecule has 0 aliphatic heterocycles. The third kappa shape index (κ3) is 6.42. The summed E-state index contributed by atoms with van der Waals surface area (Å²) < 4.78 is 65.6. The van der Waals surface area contributed by atoms with E-state index in [9.17, 15) is 36.5 Å². The first-order chi connectivity index (χ1) is 15.9. The number of hydrogen-bond acceptors (Lipinski definition) is 5. The average molecular weight is 491 g/mol. The molecule has 3 aromatic rings. The van der Waals surface area contributed by atoms with Crippen LogP contribution in [0.2, 0.25) is 0 Å². The SMILES string of the molecule is O=C(/C=C/c1cccc([N+](=O)[O-])c1)Nc1ccc(S(=O)(=O)Nc2cccc(C(F)(F)F)c2)cc1. The standard InChI is InChI=1S/C22H16F3N3O5S/c23-22(24,25)16-4-2-5-18(14-16)27-34(32,33)20-10-8-17(9-11-20)26-21(29)12-7-15-3-1-6-19(13-15)28(30)31/h1-14,27H,(H,26,29)/b12-7+. The molecule has 3 rings (SSSR count). The summed E-state index contributed by atoms with van der Waals surface area (Å²) in [6, 6.07) is 14.4. The number of anilines is 2. The summed E-state index contributed by atoms with van der Waals surface area (Å²) >= 11 is 0. The maximum atomic E-state index is 12.8. The van der Waals surface area contributed by atoms with Gasteiger partial charge in [-0.25, -0.2) is 8.42 Å². The van der Waals surface area contributed by atoms with Crippen LogP contribution in [0, 0.1) is 10.1 Å². The third-order valence-corrected chi connectivity index (χ3v) is 5.78. The molecule has 34 heavy (non-hydrogen) atoms. The molecule has 12 heteroatoms. The predicted molar refractivity (Wildman–Crippen MR) is 119 cm³/mol. The molecular formula is C22H16F3N3O5S. The molecule has 3 aromatic carbocycles. The molecule has 0 unspecified atom stereocenters. The Morgan fingerprint density at radius 2 is 1.62 bits per heavy atom. The lowest BCUT2D eigenvalue weighted by Crippen LogP contribution is -2.14. The number of alkyl halides is 3. The van der Waals surface area contributed by atoms with Gasteiger partial charge in [-0.15, -0.1) is 0 Å². The van der Waals surface area contributed by atoms with Gasteiger partial charge >= 0.3 is 6.18 Å². The Hall–Kier alpha value is -4.19. The van der Waals surface area contributed by atoms with Crippen molar-refractivity contribution in [3.8, 4) is 0 Å². The highest BCUT2D eigenvalue weighted by Gasteiger charge is 2.30. The van der Waals surface area contributed by atoms with Gasteiger partial charge < -0.3 is 5.32 Å². The second-order valence-electron chi connectivity index (χ2n) is 6.88. The van der Waals surface area contributed by atoms with E-state index in [0.717, 1.165) is 18.2 Å². The van der Waals surface area contributed by atoms with Crippen molar-refractivity contribution in [1.82, 2.24) is 0 Å². The van der Waals surface area contributed by atoms with E-state index in [1.807, 2.05) is 0 Å². The van der Waals surface area contributed by atoms with E-state index < -0.39 is 32.6 Å². The monoisotopic (exact) mass is 491 g/mol. The van der Waals surface area contributed by atoms with Crippen molar-refractivity contribution in [2.45, 2.75) is 11.1 Å². The fourth-order valence-electron chi connectivity index (χ4n) is 2.79. The van der Waals surface area contributed by atoms with Gasteiger partial charge in [0.1, 0.15) is 0 Å². The van der Waals surface area contributed by atoms with Crippen LogP contribution in [0.4, 0.5) is 30.2 Å². The van der Waals surface area contributed by atoms with Crippen molar-refractivity contribution >= 4 is 39.1 Å². The van der Waals surface area contributed by atoms with Crippen molar-refractivity contribution in [2.75, 3.05) is 10.0 Å². The number of nitro groups is 1. The molecule has 0 radical (unpaired) electrons. The fraction of sp³-hybridized carbons (Fsp3) is 0.0455. The lowest BCUT2D eigenvalue weighted by atomic mass is 10.2. The number of nitro benzene ring substituents is 1. The molecule has 0 bridgehead atoms. The first-order valence-corrected chi connectivity index (χ1v) is 11.0. The highest BCUT2D eigenvalue weighted by atomic mass is 32.2. The van der Waals surface area contributed by atoms with Crippen LogP contribution in [-0.4, -0.2) is 19.2 Å². The quantitative estimate of drug-likeness (QED) is 0.272. The number of sulfonamides is 1. The number of amides is 1. The lowest BCUT2D eigenvalue weighted by Gasteiger charge is -2.11. The van der Waals surface area contributed by atoms with Crippen molar-refractivity contribution in [2.24, 2.45) is 0 Å². The average Bonchev–Trinajstić information content (AvgIpc) is 2.77. The normalized spacial score (nSPS) is 11.9. The summed E-state index contributed by atoms with van der Waals surface area (Å²) in [5.74, 6) is -0.566. The van der Waals surface area contributed by atoms with Gasteiger partial charge in [0.05, 0.1) is 15.4 Å². The number of halogens is 3. The summed E-state index contributed by atoms with van der Waals surface area (Å²) in [5, 5.41) is 13.3. The Kier molecular flexibility index (Phi) is 7.01. The zero-order chi connectivity index (χ0) is 24.9. The molecule has 0 aromatic heterocycles. The minimum atomic E-state index is -4.62. The van der Waals surface area contributed by atoms with Crippen LogP contribution in [0.5, 0.6) is 0 Å². The van der Waals surface area contributed by atoms with Gasteiger partial charge in [0.25, 0.3) is 15.7 Å². The molecule has 2 N–H and O–H groups in total. The second kappa shape index (κ2) is 9.75. The van der Waals surface area contributed by atoms with Crippen molar-refractivity contribution < 1.29 is 31.3 Å². The van der Waals surface area contributed by atoms with Crippen LogP contribution >= 0.6 is 0 Å². The first-order valence-electron chi connectivity index (χ1n) is 9.48. The molecule has 1 amide bonds. The number of non-ortho nitro benzene ring substituents is 1. The number of rotatable bonds is 7. The van der Waals surface area contributed by atoms with Crippen LogP contribution in [0.3, 0.4) is 0 Å². The van der Waals surface area contributed by atoms with Gasteiger partial charge in [0.15, 0.2) is 0 Å². The molecule has 0 spiro atoms. The number of hydrogen-bond donors (Lipinski definition) is 2. The summed E-state index contributed by atoms with van der Waals surface area (Å²) in [5.41, 5.74) is -0.682. The molecule has 0 saturated heterocycles. The molecule has 0 aliphatic rings. The van der Waals surface area contributed by atoms with E-state index in [-0.39, 0.29) is 22.0 Å². The van der Waals surface area contributed by atoms with E-state index in [0.29, 0.717) is 11.6 Å². The third-order valence-electron chi connectivity index (χ3n) is 4.38. The molecule has 8 nitrogen and oxygen atoms in total. The summed E-state index contributed by atoms with van der Waals surface area (Å²) in [6.45, 7) is 0. The topological polar surface area (TPSA) is 118 Å². The summed E-state index contributed by atoms with van der Waals surface area (Å²) in [6.07, 6.45) is -2.09. The lowest BCUT2D eigenvalue weighted by molar-refractivity contribution is -0.384. The number of carbonyl (C=O) groups is 1. The van der Waals surface area contributed by atoms with Gasteiger partial charge in [-0.05, 0) is 54.1 Å². The maximum Gasteiger partial charge on any atom is 0.416 e. The minimum absolute atomic E-state index is 0.127. The van der Waals surface area contributed by atoms with Gasteiger partial charge in [-0.2, -0.15) is 13.2 Å². The number of carbonyl (C=O) groups excluding carboxylic acids is 1. The van der Waals surface area contributed by atoms with Crippen LogP contribution in [0.15, 0.2) is 83.8 Å². The highest BCUT2D eigenvalue weighted by molar-refractivity contribution is 7.92. The van der Waals surface area contributed by atoms with E-state index in [1.165, 1.54) is 54.6 Å². The highest BCUT2D eigenvalue weighted by Crippen LogP contribution is 2.31. The van der Waals surface area contributed by atoms with Crippen LogP contribution < -0.4 is 10.0 Å². The molecule has 0 aliphatic carbocycles. The fourth-order valence-corrected chi connectivity index (χ4v) is 3.84. The molecule has 176 valence electrons. The molecule has 0 atom stereocenters. The summed E-state index contributed by atoms with van der Waals surface area (Å²) in [4.78, 5) is 22.1. The largest absolute Gasteiger partial charge is 0.416 e. The van der Waals surface area contributed by atoms with Crippen LogP contribution in [0.1, 0.15) is 11.1 Å². The zero-order valence-corrected chi connectivity index (χ0v) is 17.9. The predicted octanol–water partition coefficient (Wildman–Crippen LogP) is 5.07. The molecule has 0 saturated carbocycles. The summed E-state index contributed by atoms with van der Waals surface area (Å²) in [7, 11) is -4.18. The Labute approximate surface area is 191 Å². The zero-order valence-electron chi connectivity index (χ0n) is 17.1. The smallest absolute Gasteiger partial charge is 0.323 e. The first kappa shape index (κ1) is 24.5. The molecule has 0 heterocycles. The Morgan fingerprint density at radius 3 is 2.26 bits per heavy atom. The number of nitrogens with one attached hydrogen (secondary N) is 2. The number of benzene rings is 3. The van der Waals surface area contributed by atoms with Gasteiger partial charge in [0.2, 0.25) is 5.91 Å². The molecule has 0 fully saturated rings. The minimum Gasteiger partial charge on any atom is -0.323 e. The number of nitrogens with zero attached hydrogens (tertiary/aromatic N) is 1. The van der Waals surface area contributed by atoms with Crippen LogP contribution in [0.25, 0.3) is 6.08 Å². The second-order valence-corrected chi connectivity index (χ2v) is 8.57. The van der Waals surface area contributed by atoms with Gasteiger partial charge in [-0.1, -0.05) is 18.2 Å². The van der Waals surface area contributed by atoms with Crippen molar-refractivity contribution in [3.05, 3.63) is 100 Å². The Morgan fingerprint density at radius 1 is 0.941 bits per heavy atom. The van der Waals surface area contributed by atoms with E-state index >= 15 is 0 Å². The maximum absolute atomic E-state index is 12.8.